The van der Waals surface area contributed by atoms with Gasteiger partial charge in [-0.25, -0.2) is 14.7 Å². The summed E-state index contributed by atoms with van der Waals surface area (Å²) in [6, 6.07) is 10.7. The second-order valence-corrected chi connectivity index (χ2v) is 7.66. The van der Waals surface area contributed by atoms with Gasteiger partial charge >= 0.3 is 6.18 Å². The van der Waals surface area contributed by atoms with E-state index >= 15 is 0 Å². The molecule has 1 amide bonds. The number of aliphatic imine (C=N–C) groups is 1. The number of carbonyl (C=O) groups is 1. The van der Waals surface area contributed by atoms with Gasteiger partial charge in [-0.3, -0.25) is 9.78 Å². The summed E-state index contributed by atoms with van der Waals surface area (Å²) in [5.74, 6) is -0.533. The van der Waals surface area contributed by atoms with E-state index in [9.17, 15) is 18.0 Å². The fourth-order valence-corrected chi connectivity index (χ4v) is 3.60. The molecule has 0 atom stereocenters. The fraction of sp³-hybridized carbons (Fsp3) is 0.0870. The highest BCUT2D eigenvalue weighted by molar-refractivity contribution is 6.33. The summed E-state index contributed by atoms with van der Waals surface area (Å²) in [5.41, 5.74) is 3.78. The lowest BCUT2D eigenvalue weighted by Crippen LogP contribution is -2.32. The number of amides is 1. The van der Waals surface area contributed by atoms with Crippen molar-refractivity contribution in [2.24, 2.45) is 10.7 Å². The van der Waals surface area contributed by atoms with Gasteiger partial charge in [0.15, 0.2) is 5.71 Å². The third-order valence-corrected chi connectivity index (χ3v) is 5.28. The van der Waals surface area contributed by atoms with Gasteiger partial charge in [-0.2, -0.15) is 18.3 Å². The van der Waals surface area contributed by atoms with Crippen LogP contribution in [-0.2, 0) is 4.79 Å². The molecular formula is C23H17ClF3N7O. The Hall–Kier alpha value is -4.25. The van der Waals surface area contributed by atoms with E-state index in [-0.39, 0.29) is 16.4 Å². The van der Waals surface area contributed by atoms with Gasteiger partial charge < -0.3 is 11.1 Å². The number of rotatable bonds is 5. The van der Waals surface area contributed by atoms with E-state index < -0.39 is 23.4 Å². The topological polar surface area (TPSA) is 111 Å². The van der Waals surface area contributed by atoms with Crippen LogP contribution in [0.4, 0.5) is 24.5 Å². The van der Waals surface area contributed by atoms with Gasteiger partial charge in [0.2, 0.25) is 0 Å². The highest BCUT2D eigenvalue weighted by atomic mass is 35.5. The second kappa shape index (κ2) is 9.55. The molecule has 0 saturated heterocycles. The van der Waals surface area contributed by atoms with Gasteiger partial charge in [0.05, 0.1) is 22.0 Å². The van der Waals surface area contributed by atoms with Crippen molar-refractivity contribution < 1.29 is 18.0 Å². The molecule has 35 heavy (non-hydrogen) atoms. The van der Waals surface area contributed by atoms with Crippen molar-refractivity contribution in [3.8, 4) is 5.69 Å². The van der Waals surface area contributed by atoms with Gasteiger partial charge in [0, 0.05) is 29.7 Å². The number of carbonyl (C=O) groups excluding carboxylic acids is 1. The van der Waals surface area contributed by atoms with Gasteiger partial charge in [-0.15, -0.1) is 0 Å². The van der Waals surface area contributed by atoms with E-state index in [0.717, 1.165) is 0 Å². The first-order chi connectivity index (χ1) is 16.7. The molecule has 2 aromatic heterocycles. The average molecular weight is 500 g/mol. The monoisotopic (exact) mass is 499 g/mol. The predicted molar refractivity (Wildman–Crippen MR) is 127 cm³/mol. The minimum Gasteiger partial charge on any atom is -0.404 e. The fourth-order valence-electron chi connectivity index (χ4n) is 3.34. The van der Waals surface area contributed by atoms with Crippen LogP contribution in [0.15, 0.2) is 78.0 Å². The maximum Gasteiger partial charge on any atom is 0.434 e. The lowest BCUT2D eigenvalue weighted by atomic mass is 10.1. The molecule has 2 aromatic carbocycles. The summed E-state index contributed by atoms with van der Waals surface area (Å²) >= 11 is 6.30. The Morgan fingerprint density at radius 2 is 2.03 bits per heavy atom. The summed E-state index contributed by atoms with van der Waals surface area (Å²) in [5, 5.41) is 7.67. The molecule has 3 N–H and O–H groups in total. The Bertz CT molecular complexity index is 1470. The molecule has 0 aliphatic rings. The largest absolute Gasteiger partial charge is 0.434 e. The third kappa shape index (κ3) is 4.99. The Kier molecular flexibility index (Phi) is 6.52. The zero-order valence-electron chi connectivity index (χ0n) is 18.1. The van der Waals surface area contributed by atoms with Crippen molar-refractivity contribution in [2.45, 2.75) is 13.1 Å². The van der Waals surface area contributed by atoms with Crippen molar-refractivity contribution in [3.63, 3.8) is 0 Å². The van der Waals surface area contributed by atoms with Gasteiger partial charge in [-0.05, 0) is 42.6 Å². The molecule has 2 heterocycles. The molecule has 8 nitrogen and oxygen atoms in total. The molecule has 4 rings (SSSR count). The molecule has 0 aliphatic carbocycles. The maximum absolute atomic E-state index is 14.0. The van der Waals surface area contributed by atoms with E-state index in [1.54, 1.807) is 31.2 Å². The van der Waals surface area contributed by atoms with E-state index in [0.29, 0.717) is 28.5 Å². The van der Waals surface area contributed by atoms with E-state index in [2.05, 4.69) is 25.4 Å². The molecule has 0 saturated carbocycles. The first-order valence-electron chi connectivity index (χ1n) is 10.1. The number of alkyl halides is 3. The molecule has 0 aliphatic heterocycles. The minimum absolute atomic E-state index is 0.00863. The molecule has 12 heteroatoms. The average Bonchev–Trinajstić information content (AvgIpc) is 3.24. The van der Waals surface area contributed by atoms with Gasteiger partial charge in [-0.1, -0.05) is 23.7 Å². The maximum atomic E-state index is 14.0. The summed E-state index contributed by atoms with van der Waals surface area (Å²) in [6.07, 6.45) is -0.142. The van der Waals surface area contributed by atoms with E-state index in [1.165, 1.54) is 41.6 Å². The molecule has 4 aromatic rings. The minimum atomic E-state index is -4.97. The summed E-state index contributed by atoms with van der Waals surface area (Å²) < 4.78 is 43.5. The first kappa shape index (κ1) is 23.9. The number of aromatic nitrogens is 4. The van der Waals surface area contributed by atoms with Crippen LogP contribution < -0.4 is 11.1 Å². The summed E-state index contributed by atoms with van der Waals surface area (Å²) in [4.78, 5) is 24.6. The zero-order valence-corrected chi connectivity index (χ0v) is 18.8. The van der Waals surface area contributed by atoms with Crippen LogP contribution in [0, 0.1) is 6.92 Å². The summed E-state index contributed by atoms with van der Waals surface area (Å²) in [7, 11) is 0. The van der Waals surface area contributed by atoms with Crippen LogP contribution in [0.3, 0.4) is 0 Å². The number of nitrogens with zero attached hydrogens (tertiary/aromatic N) is 5. The van der Waals surface area contributed by atoms with Gasteiger partial charge in [0.25, 0.3) is 5.91 Å². The number of aryl methyl sites for hydroxylation is 1. The molecule has 178 valence electrons. The van der Waals surface area contributed by atoms with Crippen molar-refractivity contribution in [2.75, 3.05) is 5.32 Å². The molecule has 0 fully saturated rings. The zero-order chi connectivity index (χ0) is 25.2. The van der Waals surface area contributed by atoms with Crippen molar-refractivity contribution >= 4 is 45.4 Å². The number of anilines is 1. The van der Waals surface area contributed by atoms with E-state index in [1.807, 2.05) is 0 Å². The van der Waals surface area contributed by atoms with Gasteiger partial charge in [0.1, 0.15) is 12.2 Å². The van der Waals surface area contributed by atoms with Crippen molar-refractivity contribution in [1.29, 1.82) is 0 Å². The Labute approximate surface area is 202 Å². The van der Waals surface area contributed by atoms with Crippen LogP contribution in [0.5, 0.6) is 0 Å². The molecule has 0 bridgehead atoms. The van der Waals surface area contributed by atoms with Crippen LogP contribution in [0.2, 0.25) is 5.02 Å². The number of nitrogens with one attached hydrogen (secondary N) is 1. The number of fused-ring (bicyclic) bond motifs is 1. The molecule has 0 radical (unpaired) electrons. The Balaban J connectivity index is 1.68. The van der Waals surface area contributed by atoms with Crippen LogP contribution in [0.1, 0.15) is 5.82 Å². The lowest BCUT2D eigenvalue weighted by molar-refractivity contribution is -0.113. The van der Waals surface area contributed by atoms with Crippen LogP contribution >= 0.6 is 11.6 Å². The molecular weight excluding hydrogens is 483 g/mol. The quantitative estimate of drug-likeness (QED) is 0.300. The summed E-state index contributed by atoms with van der Waals surface area (Å²) in [6.45, 7) is 1.72. The van der Waals surface area contributed by atoms with E-state index in [4.69, 9.17) is 17.3 Å². The Morgan fingerprint density at radius 1 is 1.23 bits per heavy atom. The molecule has 0 unspecified atom stereocenters. The lowest BCUT2D eigenvalue weighted by Gasteiger charge is -2.15. The Morgan fingerprint density at radius 3 is 2.69 bits per heavy atom. The number of halogens is 4. The third-order valence-electron chi connectivity index (χ3n) is 4.98. The number of nitrogens with two attached hydrogens (primary N) is 1. The van der Waals surface area contributed by atoms with Crippen LogP contribution in [0.25, 0.3) is 16.5 Å². The number of hydrogen-bond donors (Lipinski definition) is 2. The second-order valence-electron chi connectivity index (χ2n) is 7.25. The first-order valence-corrected chi connectivity index (χ1v) is 10.5. The molecule has 0 spiro atoms. The van der Waals surface area contributed by atoms with Crippen molar-refractivity contribution in [3.05, 3.63) is 83.8 Å². The highest BCUT2D eigenvalue weighted by Gasteiger charge is 2.40. The smallest absolute Gasteiger partial charge is 0.404 e. The van der Waals surface area contributed by atoms with Crippen LogP contribution in [-0.4, -0.2) is 37.5 Å². The number of benzene rings is 2. The normalized spacial score (nSPS) is 12.7. The standard InChI is InChI=1S/C23H17ClF3N7O/c1-13-30-12-31-34(13)20-6-5-15(9-18(20)24)32-22(35)16(10-28)21(23(25,26)27)33-19-4-2-3-14-7-8-29-11-17(14)19/h2-12H,28H2,1H3,(H,32,35). The number of pyridine rings is 1. The SMILES string of the molecule is Cc1ncnn1-c1ccc(NC(=O)C(=CN)C(=Nc2cccc3ccncc23)C(F)(F)F)cc1Cl. The highest BCUT2D eigenvalue weighted by Crippen LogP contribution is 2.31. The van der Waals surface area contributed by atoms with Crippen molar-refractivity contribution in [1.82, 2.24) is 19.7 Å². The number of hydrogen-bond acceptors (Lipinski definition) is 6. The predicted octanol–water partition coefficient (Wildman–Crippen LogP) is 4.89.